The van der Waals surface area contributed by atoms with Gasteiger partial charge < -0.3 is 49.8 Å². The van der Waals surface area contributed by atoms with E-state index < -0.39 is 79.6 Å². The van der Waals surface area contributed by atoms with Crippen LogP contribution in [0.3, 0.4) is 0 Å². The average molecular weight is 409 g/mol. The Hall–Kier alpha value is -1.38. The molecule has 5 unspecified atom stereocenters. The van der Waals surface area contributed by atoms with Crippen molar-refractivity contribution in [3.05, 3.63) is 0 Å². The summed E-state index contributed by atoms with van der Waals surface area (Å²) >= 11 is 0. The van der Waals surface area contributed by atoms with E-state index in [4.69, 9.17) is 18.9 Å². The summed E-state index contributed by atoms with van der Waals surface area (Å²) in [6, 6.07) is -0.897. The number of amides is 1. The third kappa shape index (κ3) is 4.60. The first-order chi connectivity index (χ1) is 13.1. The van der Waals surface area contributed by atoms with Crippen molar-refractivity contribution in [1.29, 1.82) is 0 Å². The van der Waals surface area contributed by atoms with Crippen LogP contribution >= 0.6 is 0 Å². The summed E-state index contributed by atoms with van der Waals surface area (Å²) in [6.45, 7) is 2.28. The molecule has 0 radical (unpaired) electrons. The zero-order chi connectivity index (χ0) is 21.2. The number of carboxylic acids is 1. The van der Waals surface area contributed by atoms with Crippen molar-refractivity contribution in [2.24, 2.45) is 0 Å². The number of nitrogens with one attached hydrogen (secondary N) is 1. The number of carboxylic acid groups (broad SMARTS) is 1. The van der Waals surface area contributed by atoms with Gasteiger partial charge in [0.25, 0.3) is 0 Å². The lowest BCUT2D eigenvalue weighted by atomic mass is 9.92. The van der Waals surface area contributed by atoms with Crippen LogP contribution in [-0.4, -0.2) is 112 Å². The van der Waals surface area contributed by atoms with Gasteiger partial charge in [-0.1, -0.05) is 0 Å². The Morgan fingerprint density at radius 1 is 1.07 bits per heavy atom. The second kappa shape index (κ2) is 9.41. The van der Waals surface area contributed by atoms with E-state index in [2.05, 4.69) is 5.32 Å². The molecule has 0 bridgehead atoms. The van der Waals surface area contributed by atoms with Crippen molar-refractivity contribution in [3.8, 4) is 0 Å². The Morgan fingerprint density at radius 3 is 2.21 bits per heavy atom. The van der Waals surface area contributed by atoms with E-state index in [1.54, 1.807) is 6.92 Å². The van der Waals surface area contributed by atoms with Crippen LogP contribution in [-0.2, 0) is 28.5 Å². The third-order valence-corrected chi connectivity index (χ3v) is 4.87. The SMILES string of the molecule is CO[C@@H]1C(C(=O)O)O[C@@H](O[C@@H]2C(NC(C)=O)C(C)OC(CO)[C@H]2O)C(O)[C@H]1O. The number of carbonyl (C=O) groups excluding carboxylic acids is 1. The fourth-order valence-corrected chi connectivity index (χ4v) is 3.45. The van der Waals surface area contributed by atoms with Gasteiger partial charge in [-0.3, -0.25) is 4.79 Å². The van der Waals surface area contributed by atoms with Crippen LogP contribution in [0.4, 0.5) is 0 Å². The summed E-state index contributed by atoms with van der Waals surface area (Å²) in [7, 11) is 1.16. The van der Waals surface area contributed by atoms with E-state index in [1.807, 2.05) is 0 Å². The van der Waals surface area contributed by atoms with Crippen LogP contribution in [0.2, 0.25) is 0 Å². The lowest BCUT2D eigenvalue weighted by Gasteiger charge is -2.47. The van der Waals surface area contributed by atoms with Crippen molar-refractivity contribution in [2.45, 2.75) is 75.0 Å². The molecule has 12 heteroatoms. The molecule has 0 spiro atoms. The molecular formula is C16H27NO11. The molecule has 2 aliphatic heterocycles. The van der Waals surface area contributed by atoms with Gasteiger partial charge in [-0.25, -0.2) is 4.79 Å². The second-order valence-electron chi connectivity index (χ2n) is 6.82. The first-order valence-electron chi connectivity index (χ1n) is 8.76. The van der Waals surface area contributed by atoms with Crippen molar-refractivity contribution in [2.75, 3.05) is 13.7 Å². The van der Waals surface area contributed by atoms with E-state index in [1.165, 1.54) is 6.92 Å². The number of hydrogen-bond donors (Lipinski definition) is 6. The highest BCUT2D eigenvalue weighted by molar-refractivity contribution is 5.73. The van der Waals surface area contributed by atoms with Crippen LogP contribution in [0.25, 0.3) is 0 Å². The monoisotopic (exact) mass is 409 g/mol. The normalized spacial score (nSPS) is 44.1. The van der Waals surface area contributed by atoms with Crippen LogP contribution in [0, 0.1) is 0 Å². The van der Waals surface area contributed by atoms with Crippen molar-refractivity contribution < 1.29 is 54.1 Å². The Balaban J connectivity index is 2.26. The summed E-state index contributed by atoms with van der Waals surface area (Å²) in [5, 5.41) is 52.2. The minimum Gasteiger partial charge on any atom is -0.479 e. The lowest BCUT2D eigenvalue weighted by Crippen LogP contribution is -2.67. The number of rotatable bonds is 6. The Kier molecular flexibility index (Phi) is 7.70. The molecule has 1 amide bonds. The molecule has 2 saturated heterocycles. The maximum atomic E-state index is 11.5. The number of ether oxygens (including phenoxy) is 4. The van der Waals surface area contributed by atoms with Gasteiger partial charge in [-0.15, -0.1) is 0 Å². The third-order valence-electron chi connectivity index (χ3n) is 4.87. The molecule has 6 N–H and O–H groups in total. The second-order valence-corrected chi connectivity index (χ2v) is 6.82. The first-order valence-corrected chi connectivity index (χ1v) is 8.76. The van der Waals surface area contributed by atoms with E-state index in [0.29, 0.717) is 0 Å². The summed E-state index contributed by atoms with van der Waals surface area (Å²) in [4.78, 5) is 23.0. The molecule has 2 rings (SSSR count). The lowest BCUT2D eigenvalue weighted by molar-refractivity contribution is -0.327. The summed E-state index contributed by atoms with van der Waals surface area (Å²) in [6.07, 6.45) is -12.4. The standard InChI is InChI=1S/C16H27NO11/c1-5-8(17-6(2)19)12(9(20)7(4-18)26-5)27-16-11(22)10(21)13(25-3)14(28-16)15(23)24/h5,7-14,16,18,20-22H,4H2,1-3H3,(H,17,19)(H,23,24)/t5?,7?,8?,9-,10-,11?,12-,13+,14?,16-/m1/s1. The van der Waals surface area contributed by atoms with Crippen LogP contribution in [0.15, 0.2) is 0 Å². The van der Waals surface area contributed by atoms with Gasteiger partial charge in [-0.05, 0) is 6.92 Å². The zero-order valence-corrected chi connectivity index (χ0v) is 15.7. The summed E-state index contributed by atoms with van der Waals surface area (Å²) < 4.78 is 21.2. The van der Waals surface area contributed by atoms with E-state index in [-0.39, 0.29) is 0 Å². The maximum absolute atomic E-state index is 11.5. The molecule has 2 fully saturated rings. The first kappa shape index (κ1) is 22.9. The molecule has 12 nitrogen and oxygen atoms in total. The molecule has 2 aliphatic rings. The predicted octanol–water partition coefficient (Wildman–Crippen LogP) is -3.44. The smallest absolute Gasteiger partial charge is 0.335 e. The van der Waals surface area contributed by atoms with Gasteiger partial charge in [-0.2, -0.15) is 0 Å². The number of carbonyl (C=O) groups is 2. The van der Waals surface area contributed by atoms with Crippen LogP contribution in [0.1, 0.15) is 13.8 Å². The highest BCUT2D eigenvalue weighted by Gasteiger charge is 2.52. The molecule has 0 saturated carbocycles. The Morgan fingerprint density at radius 2 is 1.71 bits per heavy atom. The van der Waals surface area contributed by atoms with Gasteiger partial charge in [0.15, 0.2) is 12.4 Å². The van der Waals surface area contributed by atoms with Gasteiger partial charge in [0.1, 0.15) is 36.6 Å². The molecular weight excluding hydrogens is 382 g/mol. The highest BCUT2D eigenvalue weighted by atomic mass is 16.7. The molecule has 0 aliphatic carbocycles. The molecule has 0 aromatic rings. The van der Waals surface area contributed by atoms with E-state index >= 15 is 0 Å². The number of aliphatic hydroxyl groups is 4. The number of methoxy groups -OCH3 is 1. The Labute approximate surface area is 160 Å². The van der Waals surface area contributed by atoms with Gasteiger partial charge in [0.05, 0.1) is 18.8 Å². The number of aliphatic hydroxyl groups excluding tert-OH is 4. The van der Waals surface area contributed by atoms with Crippen molar-refractivity contribution >= 4 is 11.9 Å². The maximum Gasteiger partial charge on any atom is 0.335 e. The van der Waals surface area contributed by atoms with Crippen LogP contribution < -0.4 is 5.32 Å². The minimum atomic E-state index is -1.70. The molecule has 2 heterocycles. The van der Waals surface area contributed by atoms with E-state index in [0.717, 1.165) is 7.11 Å². The highest BCUT2D eigenvalue weighted by Crippen LogP contribution is 2.30. The Bertz CT molecular complexity index is 561. The van der Waals surface area contributed by atoms with Gasteiger partial charge >= 0.3 is 5.97 Å². The van der Waals surface area contributed by atoms with Crippen LogP contribution in [0.5, 0.6) is 0 Å². The molecule has 162 valence electrons. The molecule has 0 aromatic heterocycles. The molecule has 28 heavy (non-hydrogen) atoms. The zero-order valence-electron chi connectivity index (χ0n) is 15.7. The minimum absolute atomic E-state index is 0.447. The largest absolute Gasteiger partial charge is 0.479 e. The van der Waals surface area contributed by atoms with Crippen molar-refractivity contribution in [3.63, 3.8) is 0 Å². The van der Waals surface area contributed by atoms with Gasteiger partial charge in [0, 0.05) is 14.0 Å². The van der Waals surface area contributed by atoms with Crippen molar-refractivity contribution in [1.82, 2.24) is 5.32 Å². The molecule has 10 atom stereocenters. The summed E-state index contributed by atoms with van der Waals surface area (Å²) in [5.41, 5.74) is 0. The topological polar surface area (TPSA) is 184 Å². The predicted molar refractivity (Wildman–Crippen MR) is 89.0 cm³/mol. The fourth-order valence-electron chi connectivity index (χ4n) is 3.45. The number of hydrogen-bond acceptors (Lipinski definition) is 10. The average Bonchev–Trinajstić information content (AvgIpc) is 2.63. The quantitative estimate of drug-likeness (QED) is 0.256. The summed E-state index contributed by atoms with van der Waals surface area (Å²) in [5.74, 6) is -1.89. The fraction of sp³-hybridized carbons (Fsp3) is 0.875. The molecule has 0 aromatic carbocycles. The number of aliphatic carboxylic acids is 1. The van der Waals surface area contributed by atoms with E-state index in [9.17, 15) is 35.1 Å². The van der Waals surface area contributed by atoms with Gasteiger partial charge in [0.2, 0.25) is 5.91 Å².